The highest BCUT2D eigenvalue weighted by atomic mass is 32.2. The molecule has 2 aromatic heterocycles. The zero-order valence-electron chi connectivity index (χ0n) is 11.4. The van der Waals surface area contributed by atoms with Crippen molar-refractivity contribution in [1.82, 2.24) is 9.97 Å². The van der Waals surface area contributed by atoms with E-state index in [2.05, 4.69) is 35.9 Å². The number of nitrogens with two attached hydrogens (primary N) is 1. The fourth-order valence-corrected chi connectivity index (χ4v) is 3.04. The Balaban J connectivity index is 2.13. The van der Waals surface area contributed by atoms with Crippen LogP contribution in [0.15, 0.2) is 52.4 Å². The lowest BCUT2D eigenvalue weighted by molar-refractivity contribution is 1.08. The molecule has 0 unspecified atom stereocenters. The van der Waals surface area contributed by atoms with Crippen molar-refractivity contribution in [2.45, 2.75) is 23.8 Å². The number of aryl methyl sites for hydroxylation is 1. The van der Waals surface area contributed by atoms with Crippen LogP contribution in [0, 0.1) is 13.8 Å². The smallest absolute Gasteiger partial charge is 0.163 e. The van der Waals surface area contributed by atoms with E-state index in [1.807, 2.05) is 30.3 Å². The Kier molecular flexibility index (Phi) is 3.32. The SMILES string of the molecule is Cc1c(Sc2ccccc2)nc2nc(N)ccc2c1C. The molecule has 4 heteroatoms. The molecular formula is C16H15N3S. The Bertz CT molecular complexity index is 770. The minimum absolute atomic E-state index is 0.504. The fraction of sp³-hybridized carbons (Fsp3) is 0.125. The van der Waals surface area contributed by atoms with E-state index in [0.29, 0.717) is 11.5 Å². The van der Waals surface area contributed by atoms with Gasteiger partial charge in [-0.05, 0) is 49.2 Å². The number of hydrogen-bond acceptors (Lipinski definition) is 4. The lowest BCUT2D eigenvalue weighted by atomic mass is 10.1. The number of anilines is 1. The van der Waals surface area contributed by atoms with E-state index < -0.39 is 0 Å². The van der Waals surface area contributed by atoms with Crippen LogP contribution < -0.4 is 5.73 Å². The van der Waals surface area contributed by atoms with Crippen LogP contribution in [0.25, 0.3) is 11.0 Å². The van der Waals surface area contributed by atoms with Gasteiger partial charge in [0.15, 0.2) is 5.65 Å². The van der Waals surface area contributed by atoms with Crippen LogP contribution in [0.3, 0.4) is 0 Å². The van der Waals surface area contributed by atoms with E-state index in [-0.39, 0.29) is 0 Å². The molecule has 20 heavy (non-hydrogen) atoms. The first-order valence-electron chi connectivity index (χ1n) is 6.41. The molecule has 2 N–H and O–H groups in total. The summed E-state index contributed by atoms with van der Waals surface area (Å²) >= 11 is 1.66. The van der Waals surface area contributed by atoms with Gasteiger partial charge in [0.25, 0.3) is 0 Å². The van der Waals surface area contributed by atoms with Gasteiger partial charge in [0.2, 0.25) is 0 Å². The van der Waals surface area contributed by atoms with Crippen molar-refractivity contribution in [3.63, 3.8) is 0 Å². The highest BCUT2D eigenvalue weighted by Gasteiger charge is 2.11. The Morgan fingerprint density at radius 3 is 2.40 bits per heavy atom. The lowest BCUT2D eigenvalue weighted by Crippen LogP contribution is -1.97. The average molecular weight is 281 g/mol. The summed E-state index contributed by atoms with van der Waals surface area (Å²) in [7, 11) is 0. The Morgan fingerprint density at radius 2 is 1.65 bits per heavy atom. The van der Waals surface area contributed by atoms with Gasteiger partial charge in [0.1, 0.15) is 10.8 Å². The van der Waals surface area contributed by atoms with Crippen molar-refractivity contribution in [3.05, 3.63) is 53.6 Å². The van der Waals surface area contributed by atoms with Crippen molar-refractivity contribution in [3.8, 4) is 0 Å². The fourth-order valence-electron chi connectivity index (χ4n) is 2.08. The summed E-state index contributed by atoms with van der Waals surface area (Å²) in [4.78, 5) is 10.2. The second-order valence-corrected chi connectivity index (χ2v) is 5.75. The third-order valence-electron chi connectivity index (χ3n) is 3.35. The largest absolute Gasteiger partial charge is 0.384 e. The van der Waals surface area contributed by atoms with E-state index in [4.69, 9.17) is 5.73 Å². The highest BCUT2D eigenvalue weighted by molar-refractivity contribution is 7.99. The maximum absolute atomic E-state index is 5.76. The van der Waals surface area contributed by atoms with Gasteiger partial charge < -0.3 is 5.73 Å². The number of nitrogen functional groups attached to an aromatic ring is 1. The van der Waals surface area contributed by atoms with Crippen LogP contribution >= 0.6 is 11.8 Å². The number of pyridine rings is 2. The summed E-state index contributed by atoms with van der Waals surface area (Å²) in [5, 5.41) is 2.05. The van der Waals surface area contributed by atoms with Crippen molar-refractivity contribution in [2.75, 3.05) is 5.73 Å². The standard InChI is InChI=1S/C16H15N3S/c1-10-11(2)16(20-12-6-4-3-5-7-12)19-15-13(10)8-9-14(17)18-15/h3-9H,1-2H3,(H2,17,18,19). The summed E-state index contributed by atoms with van der Waals surface area (Å²) in [6, 6.07) is 14.0. The molecule has 1 aromatic carbocycles. The molecule has 3 rings (SSSR count). The summed E-state index contributed by atoms with van der Waals surface area (Å²) in [6.07, 6.45) is 0. The molecule has 0 aliphatic rings. The minimum atomic E-state index is 0.504. The molecule has 100 valence electrons. The van der Waals surface area contributed by atoms with Crippen molar-refractivity contribution in [1.29, 1.82) is 0 Å². The highest BCUT2D eigenvalue weighted by Crippen LogP contribution is 2.32. The first-order chi connectivity index (χ1) is 9.65. The van der Waals surface area contributed by atoms with E-state index >= 15 is 0 Å². The van der Waals surface area contributed by atoms with Gasteiger partial charge in [-0.2, -0.15) is 0 Å². The number of hydrogen-bond donors (Lipinski definition) is 1. The van der Waals surface area contributed by atoms with Crippen LogP contribution in [0.4, 0.5) is 5.82 Å². The number of benzene rings is 1. The number of nitrogens with zero attached hydrogens (tertiary/aromatic N) is 2. The Labute approximate surface area is 122 Å². The van der Waals surface area contributed by atoms with Gasteiger partial charge in [-0.3, -0.25) is 0 Å². The van der Waals surface area contributed by atoms with E-state index in [1.165, 1.54) is 16.0 Å². The van der Waals surface area contributed by atoms with Crippen LogP contribution in [0.1, 0.15) is 11.1 Å². The minimum Gasteiger partial charge on any atom is -0.384 e. The number of aromatic nitrogens is 2. The van der Waals surface area contributed by atoms with Crippen LogP contribution in [-0.2, 0) is 0 Å². The molecule has 0 fully saturated rings. The van der Waals surface area contributed by atoms with Gasteiger partial charge in [0.05, 0.1) is 0 Å². The van der Waals surface area contributed by atoms with Crippen molar-refractivity contribution >= 4 is 28.6 Å². The molecule has 0 amide bonds. The first-order valence-corrected chi connectivity index (χ1v) is 7.23. The average Bonchev–Trinajstić information content (AvgIpc) is 2.45. The molecule has 0 radical (unpaired) electrons. The Hall–Kier alpha value is -2.07. The molecule has 0 atom stereocenters. The number of fused-ring (bicyclic) bond motifs is 1. The molecule has 0 bridgehead atoms. The monoisotopic (exact) mass is 281 g/mol. The molecular weight excluding hydrogens is 266 g/mol. The quantitative estimate of drug-likeness (QED) is 0.772. The summed E-state index contributed by atoms with van der Waals surface area (Å²) in [5.41, 5.74) is 8.87. The maximum Gasteiger partial charge on any atom is 0.163 e. The molecule has 0 spiro atoms. The summed E-state index contributed by atoms with van der Waals surface area (Å²) in [6.45, 7) is 4.20. The third kappa shape index (κ3) is 2.34. The van der Waals surface area contributed by atoms with Gasteiger partial charge in [0, 0.05) is 10.3 Å². The summed E-state index contributed by atoms with van der Waals surface area (Å²) in [5.74, 6) is 0.504. The molecule has 0 saturated heterocycles. The maximum atomic E-state index is 5.76. The Morgan fingerprint density at radius 1 is 0.900 bits per heavy atom. The van der Waals surface area contributed by atoms with Gasteiger partial charge >= 0.3 is 0 Å². The van der Waals surface area contributed by atoms with E-state index in [0.717, 1.165) is 10.4 Å². The molecule has 0 aliphatic carbocycles. The zero-order chi connectivity index (χ0) is 14.1. The molecule has 3 aromatic rings. The van der Waals surface area contributed by atoms with Gasteiger partial charge in [-0.15, -0.1) is 0 Å². The van der Waals surface area contributed by atoms with Gasteiger partial charge in [-0.1, -0.05) is 30.0 Å². The second kappa shape index (κ2) is 5.13. The second-order valence-electron chi connectivity index (χ2n) is 4.69. The van der Waals surface area contributed by atoms with Crippen molar-refractivity contribution in [2.24, 2.45) is 0 Å². The molecule has 2 heterocycles. The van der Waals surface area contributed by atoms with E-state index in [1.54, 1.807) is 11.8 Å². The third-order valence-corrected chi connectivity index (χ3v) is 4.45. The zero-order valence-corrected chi connectivity index (χ0v) is 12.2. The lowest BCUT2D eigenvalue weighted by Gasteiger charge is -2.10. The molecule has 3 nitrogen and oxygen atoms in total. The van der Waals surface area contributed by atoms with Crippen LogP contribution in [-0.4, -0.2) is 9.97 Å². The molecule has 0 saturated carbocycles. The molecule has 0 aliphatic heterocycles. The predicted octanol–water partition coefficient (Wildman–Crippen LogP) is 3.98. The van der Waals surface area contributed by atoms with Crippen LogP contribution in [0.5, 0.6) is 0 Å². The van der Waals surface area contributed by atoms with Gasteiger partial charge in [-0.25, -0.2) is 9.97 Å². The predicted molar refractivity (Wildman–Crippen MR) is 84.0 cm³/mol. The topological polar surface area (TPSA) is 51.8 Å². The van der Waals surface area contributed by atoms with E-state index in [9.17, 15) is 0 Å². The first kappa shape index (κ1) is 12.9. The number of rotatable bonds is 2. The normalized spacial score (nSPS) is 10.9. The van der Waals surface area contributed by atoms with Crippen LogP contribution in [0.2, 0.25) is 0 Å². The van der Waals surface area contributed by atoms with Crippen molar-refractivity contribution < 1.29 is 0 Å². The summed E-state index contributed by atoms with van der Waals surface area (Å²) < 4.78 is 0.